The number of halogens is 1. The molecule has 0 aromatic heterocycles. The van der Waals surface area contributed by atoms with E-state index in [1.807, 2.05) is 52.0 Å². The summed E-state index contributed by atoms with van der Waals surface area (Å²) < 4.78 is 30.1. The molecule has 1 saturated heterocycles. The second-order valence-corrected chi connectivity index (χ2v) is 7.54. The molecular weight excluding hydrogens is 348 g/mol. The molecule has 1 amide bonds. The van der Waals surface area contributed by atoms with Crippen LogP contribution in [0.1, 0.15) is 33.3 Å². The van der Waals surface area contributed by atoms with Crippen LogP contribution in [0.3, 0.4) is 0 Å². The number of benzene rings is 2. The number of hydrogen-bond donors (Lipinski definition) is 1. The molecule has 1 N–H and O–H groups in total. The van der Waals surface area contributed by atoms with Gasteiger partial charge in [-0.2, -0.15) is 0 Å². The standard InChI is InChI=1S/C20H23BFNO4/c1-19(2)20(3,4)27-21(26-19)15-7-5-14(6-8-15)13-25-18(24)23-17-11-9-16(22)10-12-17/h5-12H,13H2,1-4H3,(H,23,24). The molecule has 2 aromatic rings. The summed E-state index contributed by atoms with van der Waals surface area (Å²) in [6.07, 6.45) is -0.600. The summed E-state index contributed by atoms with van der Waals surface area (Å²) in [6.45, 7) is 8.16. The third-order valence-electron chi connectivity index (χ3n) is 4.97. The minimum absolute atomic E-state index is 0.122. The zero-order valence-electron chi connectivity index (χ0n) is 15.9. The van der Waals surface area contributed by atoms with Crippen molar-refractivity contribution < 1.29 is 23.2 Å². The van der Waals surface area contributed by atoms with Gasteiger partial charge in [0.05, 0.1) is 11.2 Å². The first-order valence-electron chi connectivity index (χ1n) is 8.80. The van der Waals surface area contributed by atoms with E-state index in [9.17, 15) is 9.18 Å². The number of carbonyl (C=O) groups excluding carboxylic acids is 1. The highest BCUT2D eigenvalue weighted by atomic mass is 19.1. The highest BCUT2D eigenvalue weighted by Gasteiger charge is 2.51. The lowest BCUT2D eigenvalue weighted by molar-refractivity contribution is 0.00578. The van der Waals surface area contributed by atoms with Crippen LogP contribution in [-0.4, -0.2) is 24.4 Å². The molecule has 0 aliphatic carbocycles. The van der Waals surface area contributed by atoms with Crippen molar-refractivity contribution in [3.05, 3.63) is 59.9 Å². The summed E-state index contributed by atoms with van der Waals surface area (Å²) >= 11 is 0. The summed E-state index contributed by atoms with van der Waals surface area (Å²) in [7, 11) is -0.424. The van der Waals surface area contributed by atoms with Gasteiger partial charge in [0.2, 0.25) is 0 Å². The van der Waals surface area contributed by atoms with Crippen LogP contribution in [0.2, 0.25) is 0 Å². The number of ether oxygens (including phenoxy) is 1. The van der Waals surface area contributed by atoms with Crippen LogP contribution in [0, 0.1) is 5.82 Å². The van der Waals surface area contributed by atoms with Crippen LogP contribution in [0.25, 0.3) is 0 Å². The Morgan fingerprint density at radius 1 is 1.00 bits per heavy atom. The molecule has 0 bridgehead atoms. The number of amides is 1. The van der Waals surface area contributed by atoms with Crippen LogP contribution in [0.15, 0.2) is 48.5 Å². The highest BCUT2D eigenvalue weighted by molar-refractivity contribution is 6.62. The van der Waals surface area contributed by atoms with Gasteiger partial charge >= 0.3 is 13.2 Å². The van der Waals surface area contributed by atoms with Gasteiger partial charge in [-0.05, 0) is 63.0 Å². The molecule has 7 heteroatoms. The second kappa shape index (κ2) is 7.33. The van der Waals surface area contributed by atoms with E-state index in [0.29, 0.717) is 5.69 Å². The van der Waals surface area contributed by atoms with Gasteiger partial charge in [0, 0.05) is 5.69 Å². The maximum atomic E-state index is 12.9. The topological polar surface area (TPSA) is 56.8 Å². The Balaban J connectivity index is 1.54. The maximum Gasteiger partial charge on any atom is 0.494 e. The first kappa shape index (κ1) is 19.4. The van der Waals surface area contributed by atoms with E-state index in [1.54, 1.807) is 0 Å². The highest BCUT2D eigenvalue weighted by Crippen LogP contribution is 2.36. The van der Waals surface area contributed by atoms with Gasteiger partial charge in [-0.25, -0.2) is 9.18 Å². The molecule has 0 spiro atoms. The minimum Gasteiger partial charge on any atom is -0.444 e. The van der Waals surface area contributed by atoms with Crippen molar-refractivity contribution in [2.75, 3.05) is 5.32 Å². The third-order valence-corrected chi connectivity index (χ3v) is 4.97. The van der Waals surface area contributed by atoms with E-state index in [2.05, 4.69) is 5.32 Å². The van der Waals surface area contributed by atoms with E-state index in [4.69, 9.17) is 14.0 Å². The first-order chi connectivity index (χ1) is 12.7. The Labute approximate surface area is 159 Å². The molecule has 2 aromatic carbocycles. The second-order valence-electron chi connectivity index (χ2n) is 7.54. The van der Waals surface area contributed by atoms with E-state index < -0.39 is 24.4 Å². The van der Waals surface area contributed by atoms with Gasteiger partial charge in [-0.15, -0.1) is 0 Å². The number of nitrogens with one attached hydrogen (secondary N) is 1. The fourth-order valence-electron chi connectivity index (χ4n) is 2.59. The van der Waals surface area contributed by atoms with Gasteiger partial charge in [-0.3, -0.25) is 5.32 Å². The van der Waals surface area contributed by atoms with Gasteiger partial charge in [-0.1, -0.05) is 24.3 Å². The molecule has 1 fully saturated rings. The monoisotopic (exact) mass is 371 g/mol. The minimum atomic E-state index is -0.600. The molecule has 1 heterocycles. The molecule has 3 rings (SSSR count). The predicted octanol–water partition coefficient (Wildman–Crippen LogP) is 3.87. The molecule has 5 nitrogen and oxygen atoms in total. The lowest BCUT2D eigenvalue weighted by Crippen LogP contribution is -2.41. The molecule has 27 heavy (non-hydrogen) atoms. The summed E-state index contributed by atoms with van der Waals surface area (Å²) in [5.74, 6) is -0.365. The normalized spacial score (nSPS) is 17.6. The fraction of sp³-hybridized carbons (Fsp3) is 0.350. The zero-order chi connectivity index (χ0) is 19.7. The number of rotatable bonds is 4. The Bertz CT molecular complexity index is 790. The van der Waals surface area contributed by atoms with E-state index >= 15 is 0 Å². The van der Waals surface area contributed by atoms with E-state index in [0.717, 1.165) is 11.0 Å². The van der Waals surface area contributed by atoms with Crippen molar-refractivity contribution in [2.45, 2.75) is 45.5 Å². The lowest BCUT2D eigenvalue weighted by Gasteiger charge is -2.32. The SMILES string of the molecule is CC1(C)OB(c2ccc(COC(=O)Nc3ccc(F)cc3)cc2)OC1(C)C. The van der Waals surface area contributed by atoms with Crippen LogP contribution < -0.4 is 10.8 Å². The molecule has 0 unspecified atom stereocenters. The van der Waals surface area contributed by atoms with Gasteiger partial charge in [0.15, 0.2) is 0 Å². The van der Waals surface area contributed by atoms with Crippen molar-refractivity contribution in [3.63, 3.8) is 0 Å². The van der Waals surface area contributed by atoms with Crippen LogP contribution >= 0.6 is 0 Å². The Morgan fingerprint density at radius 3 is 2.11 bits per heavy atom. The van der Waals surface area contributed by atoms with Crippen LogP contribution in [-0.2, 0) is 20.7 Å². The Morgan fingerprint density at radius 2 is 1.56 bits per heavy atom. The van der Waals surface area contributed by atoms with Crippen LogP contribution in [0.5, 0.6) is 0 Å². The largest absolute Gasteiger partial charge is 0.494 e. The van der Waals surface area contributed by atoms with Gasteiger partial charge in [0.25, 0.3) is 0 Å². The molecule has 1 aliphatic rings. The summed E-state index contributed by atoms with van der Waals surface area (Å²) in [6, 6.07) is 13.0. The van der Waals surface area contributed by atoms with E-state index in [1.165, 1.54) is 24.3 Å². The fourth-order valence-corrected chi connectivity index (χ4v) is 2.59. The number of hydrogen-bond acceptors (Lipinski definition) is 4. The summed E-state index contributed by atoms with van der Waals surface area (Å²) in [4.78, 5) is 11.8. The quantitative estimate of drug-likeness (QED) is 0.829. The summed E-state index contributed by atoms with van der Waals surface area (Å²) in [5, 5.41) is 2.55. The van der Waals surface area contributed by atoms with Crippen molar-refractivity contribution >= 4 is 24.4 Å². The molecule has 0 atom stereocenters. The van der Waals surface area contributed by atoms with Crippen molar-refractivity contribution in [1.29, 1.82) is 0 Å². The van der Waals surface area contributed by atoms with Gasteiger partial charge in [0.1, 0.15) is 12.4 Å². The van der Waals surface area contributed by atoms with Crippen molar-refractivity contribution in [2.24, 2.45) is 0 Å². The molecule has 142 valence electrons. The zero-order valence-corrected chi connectivity index (χ0v) is 15.9. The predicted molar refractivity (Wildman–Crippen MR) is 102 cm³/mol. The Hall–Kier alpha value is -2.38. The lowest BCUT2D eigenvalue weighted by atomic mass is 9.79. The van der Waals surface area contributed by atoms with Crippen molar-refractivity contribution in [3.8, 4) is 0 Å². The molecular formula is C20H23BFNO4. The third kappa shape index (κ3) is 4.49. The summed E-state index contributed by atoms with van der Waals surface area (Å²) in [5.41, 5.74) is 1.44. The smallest absolute Gasteiger partial charge is 0.444 e. The molecule has 0 radical (unpaired) electrons. The van der Waals surface area contributed by atoms with Gasteiger partial charge < -0.3 is 14.0 Å². The van der Waals surface area contributed by atoms with E-state index in [-0.39, 0.29) is 12.4 Å². The average molecular weight is 371 g/mol. The Kier molecular flexibility index (Phi) is 5.26. The number of anilines is 1. The maximum absolute atomic E-state index is 12.9. The first-order valence-corrected chi connectivity index (χ1v) is 8.80. The average Bonchev–Trinajstić information content (AvgIpc) is 2.83. The molecule has 1 aliphatic heterocycles. The number of carbonyl (C=O) groups is 1. The molecule has 0 saturated carbocycles. The van der Waals surface area contributed by atoms with Crippen LogP contribution in [0.4, 0.5) is 14.9 Å². The van der Waals surface area contributed by atoms with Crippen molar-refractivity contribution in [1.82, 2.24) is 0 Å².